The molecule has 0 unspecified atom stereocenters. The van der Waals surface area contributed by atoms with Crippen molar-refractivity contribution in [2.24, 2.45) is 10.7 Å². The molecule has 1 aliphatic carbocycles. The van der Waals surface area contributed by atoms with Gasteiger partial charge in [0.05, 0.1) is 12.1 Å². The predicted molar refractivity (Wildman–Crippen MR) is 80.4 cm³/mol. The monoisotopic (exact) mass is 275 g/mol. The van der Waals surface area contributed by atoms with E-state index < -0.39 is 0 Å². The summed E-state index contributed by atoms with van der Waals surface area (Å²) in [6.45, 7) is 0.774. The van der Waals surface area contributed by atoms with Gasteiger partial charge in [0.25, 0.3) is 0 Å². The highest BCUT2D eigenvalue weighted by molar-refractivity contribution is 5.98. The summed E-state index contributed by atoms with van der Waals surface area (Å²) in [6, 6.07) is 6.61. The molecule has 0 atom stereocenters. The van der Waals surface area contributed by atoms with E-state index >= 15 is 0 Å². The van der Waals surface area contributed by atoms with Gasteiger partial charge in [-0.05, 0) is 37.1 Å². The summed E-state index contributed by atoms with van der Waals surface area (Å²) in [5.74, 6) is 0.368. The number of nitrogens with two attached hydrogens (primary N) is 1. The third kappa shape index (κ3) is 2.39. The van der Waals surface area contributed by atoms with E-state index in [2.05, 4.69) is 9.89 Å². The molecule has 1 saturated carbocycles. The number of benzene rings is 1. The molecule has 3 nitrogen and oxygen atoms in total. The van der Waals surface area contributed by atoms with E-state index in [0.717, 1.165) is 25.1 Å². The first-order valence-electron chi connectivity index (χ1n) is 7.57. The van der Waals surface area contributed by atoms with Crippen LogP contribution < -0.4 is 10.6 Å². The Hall–Kier alpha value is -1.58. The Morgan fingerprint density at radius 2 is 1.60 bits per heavy atom. The number of nitrogens with zero attached hydrogens (tertiary/aromatic N) is 2. The largest absolute Gasteiger partial charge is 0.369 e. The lowest BCUT2D eigenvalue weighted by molar-refractivity contribution is 0.337. The van der Waals surface area contributed by atoms with Crippen LogP contribution in [0.25, 0.3) is 0 Å². The number of aliphatic imine (C=N–C) groups is 1. The minimum absolute atomic E-state index is 0.0162. The second-order valence-electron chi connectivity index (χ2n) is 5.98. The van der Waals surface area contributed by atoms with Gasteiger partial charge in [-0.1, -0.05) is 32.1 Å². The molecule has 1 fully saturated rings. The van der Waals surface area contributed by atoms with E-state index in [0.29, 0.717) is 5.96 Å². The van der Waals surface area contributed by atoms with E-state index in [-0.39, 0.29) is 11.4 Å². The molecule has 0 saturated heterocycles. The lowest BCUT2D eigenvalue weighted by Gasteiger charge is -2.40. The minimum atomic E-state index is -0.213. The van der Waals surface area contributed by atoms with Crippen molar-refractivity contribution in [2.75, 3.05) is 11.4 Å². The van der Waals surface area contributed by atoms with Crippen molar-refractivity contribution in [1.29, 1.82) is 0 Å². The second kappa shape index (κ2) is 5.43. The van der Waals surface area contributed by atoms with Gasteiger partial charge in [0, 0.05) is 5.69 Å². The summed E-state index contributed by atoms with van der Waals surface area (Å²) in [5, 5.41) is 0. The number of hydrogen-bond acceptors (Lipinski definition) is 3. The van der Waals surface area contributed by atoms with Crippen LogP contribution in [0.5, 0.6) is 0 Å². The SMILES string of the molecule is NC1=NCC2(CCCCCCC2)N1c1ccc(F)cc1. The molecule has 0 amide bonds. The van der Waals surface area contributed by atoms with Crippen LogP contribution >= 0.6 is 0 Å². The van der Waals surface area contributed by atoms with E-state index in [1.54, 1.807) is 0 Å². The van der Waals surface area contributed by atoms with Crippen LogP contribution in [0.3, 0.4) is 0 Å². The number of rotatable bonds is 1. The maximum atomic E-state index is 13.1. The quantitative estimate of drug-likeness (QED) is 0.853. The fraction of sp³-hybridized carbons (Fsp3) is 0.562. The van der Waals surface area contributed by atoms with Gasteiger partial charge in [-0.25, -0.2) is 4.39 Å². The average Bonchev–Trinajstić information content (AvgIpc) is 2.74. The molecule has 1 aromatic carbocycles. The van der Waals surface area contributed by atoms with Crippen LogP contribution in [-0.2, 0) is 0 Å². The molecule has 1 heterocycles. The molecular formula is C16H22FN3. The molecule has 20 heavy (non-hydrogen) atoms. The van der Waals surface area contributed by atoms with Crippen molar-refractivity contribution >= 4 is 11.6 Å². The van der Waals surface area contributed by atoms with Gasteiger partial charge in [0.15, 0.2) is 5.96 Å². The molecular weight excluding hydrogens is 253 g/mol. The Balaban J connectivity index is 1.91. The molecule has 2 aliphatic rings. The van der Waals surface area contributed by atoms with Gasteiger partial charge >= 0.3 is 0 Å². The van der Waals surface area contributed by atoms with Gasteiger partial charge in [0.2, 0.25) is 0 Å². The summed E-state index contributed by atoms with van der Waals surface area (Å²) >= 11 is 0. The van der Waals surface area contributed by atoms with E-state index in [1.807, 2.05) is 12.1 Å². The van der Waals surface area contributed by atoms with Gasteiger partial charge < -0.3 is 10.6 Å². The highest BCUT2D eigenvalue weighted by Gasteiger charge is 2.42. The highest BCUT2D eigenvalue weighted by atomic mass is 19.1. The van der Waals surface area contributed by atoms with Crippen LogP contribution in [-0.4, -0.2) is 18.0 Å². The molecule has 1 aromatic rings. The molecule has 3 rings (SSSR count). The van der Waals surface area contributed by atoms with Crippen molar-refractivity contribution in [1.82, 2.24) is 0 Å². The Labute approximate surface area is 119 Å². The molecule has 4 heteroatoms. The fourth-order valence-corrected chi connectivity index (χ4v) is 3.55. The van der Waals surface area contributed by atoms with Crippen molar-refractivity contribution in [3.05, 3.63) is 30.1 Å². The van der Waals surface area contributed by atoms with E-state index in [4.69, 9.17) is 5.73 Å². The topological polar surface area (TPSA) is 41.6 Å². The number of halogens is 1. The Morgan fingerprint density at radius 3 is 2.25 bits per heavy atom. The lowest BCUT2D eigenvalue weighted by Crippen LogP contribution is -2.52. The highest BCUT2D eigenvalue weighted by Crippen LogP contribution is 2.38. The summed E-state index contributed by atoms with van der Waals surface area (Å²) < 4.78 is 13.1. The zero-order chi connectivity index (χ0) is 14.0. The van der Waals surface area contributed by atoms with Crippen LogP contribution in [0, 0.1) is 5.82 Å². The van der Waals surface area contributed by atoms with E-state index in [1.165, 1.54) is 44.2 Å². The minimum Gasteiger partial charge on any atom is -0.369 e. The van der Waals surface area contributed by atoms with Crippen molar-refractivity contribution < 1.29 is 4.39 Å². The third-order valence-corrected chi connectivity index (χ3v) is 4.61. The van der Waals surface area contributed by atoms with Crippen molar-refractivity contribution in [2.45, 2.75) is 50.5 Å². The zero-order valence-electron chi connectivity index (χ0n) is 11.8. The van der Waals surface area contributed by atoms with Crippen LogP contribution in [0.2, 0.25) is 0 Å². The normalized spacial score (nSPS) is 22.4. The summed E-state index contributed by atoms with van der Waals surface area (Å²) in [7, 11) is 0. The number of anilines is 1. The summed E-state index contributed by atoms with van der Waals surface area (Å²) in [4.78, 5) is 6.64. The standard InChI is InChI=1S/C16H22FN3/c17-13-6-8-14(9-7-13)20-15(18)19-12-16(20)10-4-2-1-3-5-11-16/h6-9H,1-5,10-12H2,(H2,18,19). The third-order valence-electron chi connectivity index (χ3n) is 4.61. The molecule has 1 aliphatic heterocycles. The van der Waals surface area contributed by atoms with Crippen LogP contribution in [0.4, 0.5) is 10.1 Å². The second-order valence-corrected chi connectivity index (χ2v) is 5.98. The van der Waals surface area contributed by atoms with Crippen LogP contribution in [0.1, 0.15) is 44.9 Å². The summed E-state index contributed by atoms with van der Waals surface area (Å²) in [6.07, 6.45) is 8.60. The van der Waals surface area contributed by atoms with Gasteiger partial charge in [-0.2, -0.15) is 0 Å². The van der Waals surface area contributed by atoms with Gasteiger partial charge in [-0.3, -0.25) is 4.99 Å². The molecule has 2 N–H and O–H groups in total. The fourth-order valence-electron chi connectivity index (χ4n) is 3.55. The smallest absolute Gasteiger partial charge is 0.196 e. The zero-order valence-corrected chi connectivity index (χ0v) is 11.8. The molecule has 1 spiro atoms. The Kier molecular flexibility index (Phi) is 3.64. The number of hydrogen-bond donors (Lipinski definition) is 1. The Morgan fingerprint density at radius 1 is 1.00 bits per heavy atom. The van der Waals surface area contributed by atoms with Crippen molar-refractivity contribution in [3.63, 3.8) is 0 Å². The first-order chi connectivity index (χ1) is 9.71. The first kappa shape index (κ1) is 13.4. The lowest BCUT2D eigenvalue weighted by atomic mass is 9.83. The maximum Gasteiger partial charge on any atom is 0.196 e. The van der Waals surface area contributed by atoms with Gasteiger partial charge in [0.1, 0.15) is 5.82 Å². The average molecular weight is 275 g/mol. The van der Waals surface area contributed by atoms with Crippen molar-refractivity contribution in [3.8, 4) is 0 Å². The molecule has 0 bridgehead atoms. The predicted octanol–water partition coefficient (Wildman–Crippen LogP) is 3.44. The molecule has 0 radical (unpaired) electrons. The maximum absolute atomic E-state index is 13.1. The van der Waals surface area contributed by atoms with Gasteiger partial charge in [-0.15, -0.1) is 0 Å². The number of guanidine groups is 1. The molecule has 0 aromatic heterocycles. The van der Waals surface area contributed by atoms with E-state index in [9.17, 15) is 4.39 Å². The first-order valence-corrected chi connectivity index (χ1v) is 7.57. The Bertz CT molecular complexity index is 487. The van der Waals surface area contributed by atoms with Crippen LogP contribution in [0.15, 0.2) is 29.3 Å². The molecule has 108 valence electrons. The summed E-state index contributed by atoms with van der Waals surface area (Å²) in [5.41, 5.74) is 7.11.